The van der Waals surface area contributed by atoms with Crippen LogP contribution in [0.4, 0.5) is 13.2 Å². The zero-order chi connectivity index (χ0) is 12.4. The van der Waals surface area contributed by atoms with Crippen LogP contribution >= 0.6 is 0 Å². The van der Waals surface area contributed by atoms with Crippen molar-refractivity contribution in [3.05, 3.63) is 35.4 Å². The van der Waals surface area contributed by atoms with E-state index in [1.165, 1.54) is 38.1 Å². The van der Waals surface area contributed by atoms with Crippen LogP contribution < -0.4 is 0 Å². The van der Waals surface area contributed by atoms with E-state index in [0.29, 0.717) is 0 Å². The molecule has 2 nitrogen and oxygen atoms in total. The number of rotatable bonds is 2. The molecular formula is C11H10F3NO. The van der Waals surface area contributed by atoms with Crippen molar-refractivity contribution in [1.29, 1.82) is 0 Å². The summed E-state index contributed by atoms with van der Waals surface area (Å²) in [6.45, 7) is 2.87. The molecule has 0 fully saturated rings. The number of hydrogen-bond donors (Lipinski definition) is 0. The van der Waals surface area contributed by atoms with Crippen LogP contribution in [0.15, 0.2) is 29.3 Å². The highest BCUT2D eigenvalue weighted by Gasteiger charge is 2.37. The largest absolute Gasteiger partial charge is 0.416 e. The lowest BCUT2D eigenvalue weighted by Crippen LogP contribution is -2.20. The predicted octanol–water partition coefficient (Wildman–Crippen LogP) is 3.28. The monoisotopic (exact) mass is 229 g/mol. The van der Waals surface area contributed by atoms with Gasteiger partial charge in [0.25, 0.3) is 0 Å². The second-order valence-corrected chi connectivity index (χ2v) is 3.81. The van der Waals surface area contributed by atoms with Crippen molar-refractivity contribution in [1.82, 2.24) is 0 Å². The minimum absolute atomic E-state index is 0.0362. The second-order valence-electron chi connectivity index (χ2n) is 3.81. The second kappa shape index (κ2) is 4.10. The Labute approximate surface area is 90.8 Å². The zero-order valence-corrected chi connectivity index (χ0v) is 8.80. The maximum atomic E-state index is 12.7. The third-order valence-corrected chi connectivity index (χ3v) is 2.22. The Morgan fingerprint density at radius 1 is 1.12 bits per heavy atom. The van der Waals surface area contributed by atoms with Crippen LogP contribution in [0.3, 0.4) is 0 Å². The van der Waals surface area contributed by atoms with Crippen LogP contribution in [0, 0.1) is 0 Å². The summed E-state index contributed by atoms with van der Waals surface area (Å²) in [6.07, 6.45) is -3.16. The fraction of sp³-hybridized carbons (Fsp3) is 0.364. The molecule has 1 rings (SSSR count). The molecule has 0 unspecified atom stereocenters. The number of carbonyl (C=O) groups excluding carboxylic acids is 1. The highest BCUT2D eigenvalue weighted by Crippen LogP contribution is 2.37. The van der Waals surface area contributed by atoms with E-state index in [-0.39, 0.29) is 5.56 Å². The lowest BCUT2D eigenvalue weighted by Gasteiger charge is -2.22. The van der Waals surface area contributed by atoms with E-state index in [0.717, 1.165) is 6.07 Å². The molecule has 86 valence electrons. The van der Waals surface area contributed by atoms with Crippen molar-refractivity contribution in [2.24, 2.45) is 4.99 Å². The molecular weight excluding hydrogens is 219 g/mol. The summed E-state index contributed by atoms with van der Waals surface area (Å²) in [4.78, 5) is 13.6. The average Bonchev–Trinajstić information content (AvgIpc) is 2.16. The van der Waals surface area contributed by atoms with E-state index < -0.39 is 17.3 Å². The van der Waals surface area contributed by atoms with Gasteiger partial charge in [-0.25, -0.2) is 4.79 Å². The summed E-state index contributed by atoms with van der Waals surface area (Å²) in [6, 6.07) is 5.06. The molecule has 0 bridgehead atoms. The highest BCUT2D eigenvalue weighted by atomic mass is 19.4. The highest BCUT2D eigenvalue weighted by molar-refractivity contribution is 5.41. The van der Waals surface area contributed by atoms with Crippen LogP contribution in [0.25, 0.3) is 0 Å². The molecule has 5 heteroatoms. The van der Waals surface area contributed by atoms with Gasteiger partial charge in [0.1, 0.15) is 0 Å². The van der Waals surface area contributed by atoms with Gasteiger partial charge in [0.2, 0.25) is 6.08 Å². The molecule has 0 radical (unpaired) electrons. The summed E-state index contributed by atoms with van der Waals surface area (Å²) in [5, 5.41) is 0. The first-order valence-corrected chi connectivity index (χ1v) is 4.55. The van der Waals surface area contributed by atoms with Gasteiger partial charge in [-0.3, -0.25) is 0 Å². The van der Waals surface area contributed by atoms with Gasteiger partial charge in [0.05, 0.1) is 11.1 Å². The van der Waals surface area contributed by atoms with Gasteiger partial charge in [-0.1, -0.05) is 18.2 Å². The van der Waals surface area contributed by atoms with E-state index in [9.17, 15) is 18.0 Å². The fourth-order valence-electron chi connectivity index (χ4n) is 1.44. The minimum atomic E-state index is -4.45. The van der Waals surface area contributed by atoms with Crippen LogP contribution in [0.2, 0.25) is 0 Å². The van der Waals surface area contributed by atoms with Gasteiger partial charge in [-0.05, 0) is 25.5 Å². The third kappa shape index (κ3) is 2.49. The van der Waals surface area contributed by atoms with Gasteiger partial charge >= 0.3 is 6.18 Å². The summed E-state index contributed by atoms with van der Waals surface area (Å²) in [5.41, 5.74) is -2.04. The Morgan fingerprint density at radius 3 is 2.06 bits per heavy atom. The van der Waals surface area contributed by atoms with Crippen LogP contribution in [-0.4, -0.2) is 6.08 Å². The standard InChI is InChI=1S/C11H10F3NO/c1-10(2,15-7-16)8-5-3-4-6-9(8)11(12,13)14/h3-6H,1-2H3. The van der Waals surface area contributed by atoms with Crippen molar-refractivity contribution in [3.8, 4) is 0 Å². The topological polar surface area (TPSA) is 29.4 Å². The quantitative estimate of drug-likeness (QED) is 0.565. The lowest BCUT2D eigenvalue weighted by atomic mass is 9.90. The number of hydrogen-bond acceptors (Lipinski definition) is 2. The molecule has 1 aromatic carbocycles. The molecule has 0 aliphatic rings. The maximum Gasteiger partial charge on any atom is 0.416 e. The van der Waals surface area contributed by atoms with E-state index in [4.69, 9.17) is 0 Å². The first-order chi connectivity index (χ1) is 7.29. The normalized spacial score (nSPS) is 12.1. The molecule has 0 saturated heterocycles. The predicted molar refractivity (Wildman–Crippen MR) is 52.6 cm³/mol. The van der Waals surface area contributed by atoms with Gasteiger partial charge < -0.3 is 0 Å². The van der Waals surface area contributed by atoms with Crippen molar-refractivity contribution >= 4 is 6.08 Å². The Kier molecular flexibility index (Phi) is 3.19. The zero-order valence-electron chi connectivity index (χ0n) is 8.80. The van der Waals surface area contributed by atoms with Crippen molar-refractivity contribution in [2.45, 2.75) is 25.6 Å². The van der Waals surface area contributed by atoms with Crippen LogP contribution in [0.1, 0.15) is 25.0 Å². The van der Waals surface area contributed by atoms with Crippen molar-refractivity contribution in [3.63, 3.8) is 0 Å². The summed E-state index contributed by atoms with van der Waals surface area (Å²) >= 11 is 0. The first kappa shape index (κ1) is 12.5. The smallest absolute Gasteiger partial charge is 0.211 e. The molecule has 0 amide bonds. The molecule has 0 saturated carbocycles. The molecule has 0 heterocycles. The molecule has 1 aromatic rings. The van der Waals surface area contributed by atoms with E-state index in [1.807, 2.05) is 0 Å². The summed E-state index contributed by atoms with van der Waals surface area (Å²) < 4.78 is 38.0. The molecule has 0 N–H and O–H groups in total. The Balaban J connectivity index is 3.40. The Morgan fingerprint density at radius 2 is 1.62 bits per heavy atom. The van der Waals surface area contributed by atoms with Crippen LogP contribution in [0.5, 0.6) is 0 Å². The number of nitrogens with zero attached hydrogens (tertiary/aromatic N) is 1. The van der Waals surface area contributed by atoms with Gasteiger partial charge in [0, 0.05) is 0 Å². The van der Waals surface area contributed by atoms with E-state index in [1.54, 1.807) is 0 Å². The van der Waals surface area contributed by atoms with Crippen LogP contribution in [-0.2, 0) is 16.5 Å². The molecule has 0 aromatic heterocycles. The molecule has 0 atom stereocenters. The molecule has 16 heavy (non-hydrogen) atoms. The van der Waals surface area contributed by atoms with Crippen molar-refractivity contribution in [2.75, 3.05) is 0 Å². The van der Waals surface area contributed by atoms with Crippen molar-refractivity contribution < 1.29 is 18.0 Å². The molecule has 0 spiro atoms. The van der Waals surface area contributed by atoms with E-state index in [2.05, 4.69) is 4.99 Å². The lowest BCUT2D eigenvalue weighted by molar-refractivity contribution is -0.138. The third-order valence-electron chi connectivity index (χ3n) is 2.22. The molecule has 0 aliphatic carbocycles. The average molecular weight is 229 g/mol. The van der Waals surface area contributed by atoms with Gasteiger partial charge in [-0.2, -0.15) is 18.2 Å². The number of alkyl halides is 3. The SMILES string of the molecule is CC(C)(N=C=O)c1ccccc1C(F)(F)F. The van der Waals surface area contributed by atoms with Gasteiger partial charge in [-0.15, -0.1) is 0 Å². The summed E-state index contributed by atoms with van der Waals surface area (Å²) in [5.74, 6) is 0. The van der Waals surface area contributed by atoms with Gasteiger partial charge in [0.15, 0.2) is 0 Å². The maximum absolute atomic E-state index is 12.7. The number of isocyanates is 1. The minimum Gasteiger partial charge on any atom is -0.211 e. The number of benzene rings is 1. The summed E-state index contributed by atoms with van der Waals surface area (Å²) in [7, 11) is 0. The Hall–Kier alpha value is -1.61. The number of aliphatic imine (C=N–C) groups is 1. The fourth-order valence-corrected chi connectivity index (χ4v) is 1.44. The number of halogens is 3. The molecule has 0 aliphatic heterocycles. The first-order valence-electron chi connectivity index (χ1n) is 4.55. The van der Waals surface area contributed by atoms with E-state index >= 15 is 0 Å². The Bertz CT molecular complexity index is 431.